The fourth-order valence-corrected chi connectivity index (χ4v) is 2.73. The van der Waals surface area contributed by atoms with Crippen LogP contribution in [0.5, 0.6) is 0 Å². The third-order valence-corrected chi connectivity index (χ3v) is 4.16. The number of unbranched alkanes of at least 4 members (excludes halogenated alkanes) is 9. The summed E-state index contributed by atoms with van der Waals surface area (Å²) in [6, 6.07) is 8.15. The van der Waals surface area contributed by atoms with E-state index in [-0.39, 0.29) is 0 Å². The summed E-state index contributed by atoms with van der Waals surface area (Å²) in [6.07, 6.45) is 13.9. The van der Waals surface area contributed by atoms with Gasteiger partial charge in [-0.25, -0.2) is 0 Å². The van der Waals surface area contributed by atoms with Crippen molar-refractivity contribution >= 4 is 11.4 Å². The highest BCUT2D eigenvalue weighted by Crippen LogP contribution is 2.17. The molecule has 0 heterocycles. The zero-order chi connectivity index (χ0) is 15.3. The zero-order valence-electron chi connectivity index (χ0n) is 14.1. The van der Waals surface area contributed by atoms with Gasteiger partial charge in [0.15, 0.2) is 0 Å². The van der Waals surface area contributed by atoms with Gasteiger partial charge in [-0.1, -0.05) is 70.8 Å². The molecule has 0 fully saturated rings. The summed E-state index contributed by atoms with van der Waals surface area (Å²) in [7, 11) is 2.16. The second-order valence-corrected chi connectivity index (χ2v) is 6.20. The van der Waals surface area contributed by atoms with Crippen LogP contribution in [0.1, 0.15) is 71.1 Å². The number of nitrogens with zero attached hydrogens (tertiary/aromatic N) is 1. The molecule has 21 heavy (non-hydrogen) atoms. The zero-order valence-corrected chi connectivity index (χ0v) is 14.1. The molecule has 2 N–H and O–H groups in total. The van der Waals surface area contributed by atoms with Crippen molar-refractivity contribution in [1.29, 1.82) is 0 Å². The van der Waals surface area contributed by atoms with E-state index < -0.39 is 0 Å². The van der Waals surface area contributed by atoms with Crippen molar-refractivity contribution in [2.24, 2.45) is 0 Å². The maximum Gasteiger partial charge on any atom is 0.0384 e. The van der Waals surface area contributed by atoms with Crippen LogP contribution < -0.4 is 10.6 Å². The van der Waals surface area contributed by atoms with Gasteiger partial charge in [-0.15, -0.1) is 0 Å². The second kappa shape index (κ2) is 11.5. The third kappa shape index (κ3) is 8.64. The lowest BCUT2D eigenvalue weighted by molar-refractivity contribution is 0.556. The van der Waals surface area contributed by atoms with Crippen LogP contribution in [0, 0.1) is 0 Å². The van der Waals surface area contributed by atoms with Gasteiger partial charge >= 0.3 is 0 Å². The molecule has 1 rings (SSSR count). The molecule has 0 unspecified atom stereocenters. The van der Waals surface area contributed by atoms with Gasteiger partial charge in [-0.2, -0.15) is 0 Å². The SMILES string of the molecule is CCCCCCCCCCCCN(C)c1cccc(N)c1. The summed E-state index contributed by atoms with van der Waals surface area (Å²) < 4.78 is 0. The predicted octanol–water partition coefficient (Wildman–Crippen LogP) is 5.63. The highest BCUT2D eigenvalue weighted by atomic mass is 15.1. The molecule has 0 aliphatic carbocycles. The molecule has 0 aromatic heterocycles. The maximum absolute atomic E-state index is 5.82. The minimum absolute atomic E-state index is 0.849. The molecule has 0 aliphatic rings. The number of hydrogen-bond donors (Lipinski definition) is 1. The van der Waals surface area contributed by atoms with Gasteiger partial charge in [0.05, 0.1) is 0 Å². The quantitative estimate of drug-likeness (QED) is 0.399. The molecule has 2 heteroatoms. The lowest BCUT2D eigenvalue weighted by Crippen LogP contribution is -2.18. The minimum atomic E-state index is 0.849. The summed E-state index contributed by atoms with van der Waals surface area (Å²) in [4.78, 5) is 2.31. The van der Waals surface area contributed by atoms with E-state index in [4.69, 9.17) is 5.73 Å². The summed E-state index contributed by atoms with van der Waals surface area (Å²) in [5, 5.41) is 0. The van der Waals surface area contributed by atoms with Gasteiger partial charge in [-0.3, -0.25) is 0 Å². The Labute approximate surface area is 131 Å². The van der Waals surface area contributed by atoms with Crippen molar-refractivity contribution in [2.45, 2.75) is 71.1 Å². The molecular weight excluding hydrogens is 256 g/mol. The Hall–Kier alpha value is -1.18. The summed E-state index contributed by atoms with van der Waals surface area (Å²) in [5.74, 6) is 0. The minimum Gasteiger partial charge on any atom is -0.399 e. The molecule has 1 aromatic carbocycles. The van der Waals surface area contributed by atoms with Crippen LogP contribution in [-0.4, -0.2) is 13.6 Å². The van der Waals surface area contributed by atoms with Gasteiger partial charge in [-0.05, 0) is 24.6 Å². The van der Waals surface area contributed by atoms with E-state index in [0.717, 1.165) is 12.2 Å². The van der Waals surface area contributed by atoms with E-state index in [1.165, 1.54) is 69.9 Å². The van der Waals surface area contributed by atoms with Crippen molar-refractivity contribution in [2.75, 3.05) is 24.2 Å². The third-order valence-electron chi connectivity index (χ3n) is 4.16. The van der Waals surface area contributed by atoms with Crippen molar-refractivity contribution in [3.8, 4) is 0 Å². The molecule has 0 aliphatic heterocycles. The average molecular weight is 290 g/mol. The normalized spacial score (nSPS) is 10.8. The van der Waals surface area contributed by atoms with Crippen LogP contribution in [0.2, 0.25) is 0 Å². The van der Waals surface area contributed by atoms with Crippen LogP contribution in [0.3, 0.4) is 0 Å². The van der Waals surface area contributed by atoms with Crippen molar-refractivity contribution in [3.63, 3.8) is 0 Å². The van der Waals surface area contributed by atoms with Gasteiger partial charge in [0.2, 0.25) is 0 Å². The number of rotatable bonds is 12. The lowest BCUT2D eigenvalue weighted by atomic mass is 10.1. The molecule has 0 bridgehead atoms. The van der Waals surface area contributed by atoms with Crippen LogP contribution in [-0.2, 0) is 0 Å². The molecule has 2 nitrogen and oxygen atoms in total. The van der Waals surface area contributed by atoms with Crippen molar-refractivity contribution in [3.05, 3.63) is 24.3 Å². The first kappa shape index (κ1) is 17.9. The molecule has 0 saturated carbocycles. The maximum atomic E-state index is 5.82. The first-order valence-electron chi connectivity index (χ1n) is 8.80. The summed E-state index contributed by atoms with van der Waals surface area (Å²) in [5.41, 5.74) is 7.90. The number of hydrogen-bond acceptors (Lipinski definition) is 2. The standard InChI is InChI=1S/C19H34N2/c1-3-4-5-6-7-8-9-10-11-12-16-21(2)19-15-13-14-18(20)17-19/h13-15,17H,3-12,16,20H2,1-2H3. The van der Waals surface area contributed by atoms with Crippen LogP contribution in [0.4, 0.5) is 11.4 Å². The molecule has 1 aromatic rings. The van der Waals surface area contributed by atoms with Gasteiger partial charge in [0.25, 0.3) is 0 Å². The molecule has 120 valence electrons. The lowest BCUT2D eigenvalue weighted by Gasteiger charge is -2.19. The van der Waals surface area contributed by atoms with E-state index in [1.807, 2.05) is 12.1 Å². The van der Waals surface area contributed by atoms with E-state index in [2.05, 4.69) is 31.0 Å². The molecule has 0 spiro atoms. The Kier molecular flexibility index (Phi) is 9.77. The van der Waals surface area contributed by atoms with Gasteiger partial charge in [0, 0.05) is 25.0 Å². The molecule has 0 radical (unpaired) electrons. The fraction of sp³-hybridized carbons (Fsp3) is 0.684. The van der Waals surface area contributed by atoms with E-state index in [1.54, 1.807) is 0 Å². The fourth-order valence-electron chi connectivity index (χ4n) is 2.73. The highest BCUT2D eigenvalue weighted by molar-refractivity contribution is 5.55. The largest absolute Gasteiger partial charge is 0.399 e. The Morgan fingerprint density at radius 1 is 0.857 bits per heavy atom. The molecule has 0 atom stereocenters. The number of nitrogens with two attached hydrogens (primary N) is 1. The summed E-state index contributed by atoms with van der Waals surface area (Å²) >= 11 is 0. The highest BCUT2D eigenvalue weighted by Gasteiger charge is 2.00. The van der Waals surface area contributed by atoms with E-state index >= 15 is 0 Å². The molecule has 0 amide bonds. The van der Waals surface area contributed by atoms with Crippen LogP contribution in [0.25, 0.3) is 0 Å². The number of anilines is 2. The average Bonchev–Trinajstić information content (AvgIpc) is 2.49. The van der Waals surface area contributed by atoms with Crippen molar-refractivity contribution in [1.82, 2.24) is 0 Å². The smallest absolute Gasteiger partial charge is 0.0384 e. The van der Waals surface area contributed by atoms with E-state index in [0.29, 0.717) is 0 Å². The Bertz CT molecular complexity index is 362. The number of benzene rings is 1. The van der Waals surface area contributed by atoms with Gasteiger partial charge in [0.1, 0.15) is 0 Å². The van der Waals surface area contributed by atoms with E-state index in [9.17, 15) is 0 Å². The Morgan fingerprint density at radius 3 is 2.00 bits per heavy atom. The predicted molar refractivity (Wildman–Crippen MR) is 96.0 cm³/mol. The first-order chi connectivity index (χ1) is 10.2. The first-order valence-corrected chi connectivity index (χ1v) is 8.80. The topological polar surface area (TPSA) is 29.3 Å². The van der Waals surface area contributed by atoms with Crippen LogP contribution >= 0.6 is 0 Å². The van der Waals surface area contributed by atoms with Gasteiger partial charge < -0.3 is 10.6 Å². The van der Waals surface area contributed by atoms with Crippen LogP contribution in [0.15, 0.2) is 24.3 Å². The monoisotopic (exact) mass is 290 g/mol. The second-order valence-electron chi connectivity index (χ2n) is 6.20. The molecule has 0 saturated heterocycles. The Balaban J connectivity index is 1.96. The number of nitrogen functional groups attached to an aromatic ring is 1. The Morgan fingerprint density at radius 2 is 1.43 bits per heavy atom. The molecular formula is C19H34N2. The summed E-state index contributed by atoms with van der Waals surface area (Å²) in [6.45, 7) is 3.40. The van der Waals surface area contributed by atoms with Crippen molar-refractivity contribution < 1.29 is 0 Å².